The molecule has 0 atom stereocenters. The van der Waals surface area contributed by atoms with E-state index in [1.807, 2.05) is 4.57 Å². The first-order chi connectivity index (χ1) is 9.52. The highest BCUT2D eigenvalue weighted by Gasteiger charge is 2.15. The fourth-order valence-corrected chi connectivity index (χ4v) is 2.55. The van der Waals surface area contributed by atoms with E-state index < -0.39 is 11.6 Å². The third kappa shape index (κ3) is 3.29. The molecule has 0 aliphatic rings. The van der Waals surface area contributed by atoms with Crippen molar-refractivity contribution in [2.45, 2.75) is 39.7 Å². The summed E-state index contributed by atoms with van der Waals surface area (Å²) in [7, 11) is 0. The second-order valence-electron chi connectivity index (χ2n) is 5.41. The summed E-state index contributed by atoms with van der Waals surface area (Å²) in [6.07, 6.45) is 2.58. The van der Waals surface area contributed by atoms with Crippen molar-refractivity contribution in [1.29, 1.82) is 0 Å². The Morgan fingerprint density at radius 1 is 1.30 bits per heavy atom. The van der Waals surface area contributed by atoms with Crippen molar-refractivity contribution in [2.75, 3.05) is 5.88 Å². The molecule has 2 nitrogen and oxygen atoms in total. The van der Waals surface area contributed by atoms with Crippen LogP contribution in [0.3, 0.4) is 0 Å². The smallest absolute Gasteiger partial charge is 0.153 e. The predicted molar refractivity (Wildman–Crippen MR) is 78.1 cm³/mol. The first kappa shape index (κ1) is 15.2. The van der Waals surface area contributed by atoms with Gasteiger partial charge in [0.2, 0.25) is 0 Å². The van der Waals surface area contributed by atoms with Crippen LogP contribution in [-0.4, -0.2) is 15.4 Å². The molecular weight excluding hydrogens is 282 g/mol. The minimum atomic E-state index is -0.613. The van der Waals surface area contributed by atoms with E-state index >= 15 is 0 Å². The number of alkyl halides is 1. The van der Waals surface area contributed by atoms with E-state index in [0.717, 1.165) is 24.7 Å². The number of benzene rings is 1. The summed E-state index contributed by atoms with van der Waals surface area (Å²) >= 11 is 5.77. The molecule has 1 aromatic carbocycles. The van der Waals surface area contributed by atoms with Gasteiger partial charge in [0.05, 0.1) is 5.52 Å². The molecule has 20 heavy (non-hydrogen) atoms. The Morgan fingerprint density at radius 2 is 2.05 bits per heavy atom. The molecule has 0 saturated carbocycles. The number of rotatable bonds is 6. The summed E-state index contributed by atoms with van der Waals surface area (Å²) in [5.41, 5.74) is 0.752. The first-order valence-electron chi connectivity index (χ1n) is 6.93. The number of halogens is 3. The van der Waals surface area contributed by atoms with Crippen molar-refractivity contribution in [2.24, 2.45) is 5.92 Å². The Bertz CT molecular complexity index is 593. The minimum absolute atomic E-state index is 0.232. The van der Waals surface area contributed by atoms with Gasteiger partial charge < -0.3 is 4.57 Å². The summed E-state index contributed by atoms with van der Waals surface area (Å²) < 4.78 is 29.1. The molecule has 0 amide bonds. The molecule has 0 N–H and O–H groups in total. The monoisotopic (exact) mass is 300 g/mol. The van der Waals surface area contributed by atoms with E-state index in [-0.39, 0.29) is 5.52 Å². The molecular formula is C15H19ClF2N2. The predicted octanol–water partition coefficient (Wildman–Crippen LogP) is 4.53. The lowest BCUT2D eigenvalue weighted by atomic mass is 10.1. The number of fused-ring (bicyclic) bond motifs is 1. The van der Waals surface area contributed by atoms with Gasteiger partial charge in [-0.05, 0) is 24.8 Å². The Kier molecular flexibility index (Phi) is 4.97. The number of aromatic nitrogens is 2. The van der Waals surface area contributed by atoms with E-state index in [9.17, 15) is 8.78 Å². The Balaban J connectivity index is 2.39. The van der Waals surface area contributed by atoms with Crippen molar-refractivity contribution in [1.82, 2.24) is 9.55 Å². The highest BCUT2D eigenvalue weighted by atomic mass is 35.5. The summed E-state index contributed by atoms with van der Waals surface area (Å²) in [4.78, 5) is 4.28. The van der Waals surface area contributed by atoms with Crippen LogP contribution in [0.1, 0.15) is 32.5 Å². The van der Waals surface area contributed by atoms with Gasteiger partial charge in [0.1, 0.15) is 17.2 Å². The lowest BCUT2D eigenvalue weighted by Crippen LogP contribution is -2.06. The van der Waals surface area contributed by atoms with Crippen molar-refractivity contribution < 1.29 is 8.78 Å². The highest BCUT2D eigenvalue weighted by Crippen LogP contribution is 2.22. The molecule has 2 aromatic rings. The molecule has 0 aliphatic heterocycles. The maximum atomic E-state index is 13.8. The molecule has 1 heterocycles. The highest BCUT2D eigenvalue weighted by molar-refractivity contribution is 6.17. The fraction of sp³-hybridized carbons (Fsp3) is 0.533. The summed E-state index contributed by atoms with van der Waals surface area (Å²) in [6, 6.07) is 2.22. The Morgan fingerprint density at radius 3 is 2.70 bits per heavy atom. The number of hydrogen-bond acceptors (Lipinski definition) is 1. The molecule has 0 saturated heterocycles. The van der Waals surface area contributed by atoms with Gasteiger partial charge in [-0.3, -0.25) is 0 Å². The molecule has 5 heteroatoms. The van der Waals surface area contributed by atoms with E-state index in [1.165, 1.54) is 6.07 Å². The zero-order valence-corrected chi connectivity index (χ0v) is 12.6. The second kappa shape index (κ2) is 6.53. The Hall–Kier alpha value is -1.16. The lowest BCUT2D eigenvalue weighted by molar-refractivity contribution is 0.509. The van der Waals surface area contributed by atoms with Gasteiger partial charge >= 0.3 is 0 Å². The van der Waals surface area contributed by atoms with Gasteiger partial charge in [0.25, 0.3) is 0 Å². The topological polar surface area (TPSA) is 17.8 Å². The maximum Gasteiger partial charge on any atom is 0.153 e. The van der Waals surface area contributed by atoms with Crippen molar-refractivity contribution in [3.8, 4) is 0 Å². The SMILES string of the molecule is CC(C)CCCn1c(CCCl)nc2c(F)cc(F)cc21. The van der Waals surface area contributed by atoms with Gasteiger partial charge in [-0.1, -0.05) is 13.8 Å². The summed E-state index contributed by atoms with van der Waals surface area (Å²) in [6.45, 7) is 5.03. The molecule has 2 rings (SSSR count). The lowest BCUT2D eigenvalue weighted by Gasteiger charge is -2.10. The van der Waals surface area contributed by atoms with Crippen molar-refractivity contribution >= 4 is 22.6 Å². The van der Waals surface area contributed by atoms with Gasteiger partial charge in [-0.15, -0.1) is 11.6 Å². The van der Waals surface area contributed by atoms with Crippen LogP contribution in [0, 0.1) is 17.6 Å². The molecule has 0 radical (unpaired) electrons. The van der Waals surface area contributed by atoms with E-state index in [1.54, 1.807) is 0 Å². The largest absolute Gasteiger partial charge is 0.328 e. The quantitative estimate of drug-likeness (QED) is 0.717. The average Bonchev–Trinajstić information content (AvgIpc) is 2.68. The normalized spacial score (nSPS) is 11.7. The third-order valence-electron chi connectivity index (χ3n) is 3.33. The molecule has 0 bridgehead atoms. The molecule has 0 unspecified atom stereocenters. The van der Waals surface area contributed by atoms with Gasteiger partial charge in [-0.2, -0.15) is 0 Å². The first-order valence-corrected chi connectivity index (χ1v) is 7.46. The Labute approximate surface area is 122 Å². The standard InChI is InChI=1S/C15H19ClF2N2/c1-10(2)4-3-7-20-13-9-11(17)8-12(18)15(13)19-14(20)5-6-16/h8-10H,3-7H2,1-2H3. The van der Waals surface area contributed by atoms with E-state index in [2.05, 4.69) is 18.8 Å². The maximum absolute atomic E-state index is 13.8. The van der Waals surface area contributed by atoms with Crippen LogP contribution in [0.25, 0.3) is 11.0 Å². The number of imidazole rings is 1. The van der Waals surface area contributed by atoms with Crippen LogP contribution in [0.2, 0.25) is 0 Å². The number of nitrogens with zero attached hydrogens (tertiary/aromatic N) is 2. The zero-order valence-electron chi connectivity index (χ0n) is 11.8. The summed E-state index contributed by atoms with van der Waals surface area (Å²) in [5, 5.41) is 0. The van der Waals surface area contributed by atoms with Crippen LogP contribution >= 0.6 is 11.6 Å². The molecule has 0 spiro atoms. The zero-order chi connectivity index (χ0) is 14.7. The number of hydrogen-bond donors (Lipinski definition) is 0. The summed E-state index contributed by atoms with van der Waals surface area (Å²) in [5.74, 6) is 0.561. The minimum Gasteiger partial charge on any atom is -0.328 e. The van der Waals surface area contributed by atoms with Gasteiger partial charge in [-0.25, -0.2) is 13.8 Å². The van der Waals surface area contributed by atoms with E-state index in [4.69, 9.17) is 11.6 Å². The molecule has 0 aliphatic carbocycles. The van der Waals surface area contributed by atoms with Crippen LogP contribution in [0.5, 0.6) is 0 Å². The van der Waals surface area contributed by atoms with Crippen molar-refractivity contribution in [3.05, 3.63) is 29.6 Å². The molecule has 110 valence electrons. The van der Waals surface area contributed by atoms with Crippen LogP contribution in [-0.2, 0) is 13.0 Å². The molecule has 1 aromatic heterocycles. The van der Waals surface area contributed by atoms with Crippen LogP contribution < -0.4 is 0 Å². The number of aryl methyl sites for hydroxylation is 2. The van der Waals surface area contributed by atoms with Crippen LogP contribution in [0.15, 0.2) is 12.1 Å². The van der Waals surface area contributed by atoms with Crippen LogP contribution in [0.4, 0.5) is 8.78 Å². The van der Waals surface area contributed by atoms with E-state index in [0.29, 0.717) is 30.3 Å². The fourth-order valence-electron chi connectivity index (χ4n) is 2.38. The second-order valence-corrected chi connectivity index (χ2v) is 5.79. The van der Waals surface area contributed by atoms with Crippen molar-refractivity contribution in [3.63, 3.8) is 0 Å². The third-order valence-corrected chi connectivity index (χ3v) is 3.52. The average molecular weight is 301 g/mol. The molecule has 0 fully saturated rings. The van der Waals surface area contributed by atoms with Gasteiger partial charge in [0, 0.05) is 24.9 Å². The van der Waals surface area contributed by atoms with Gasteiger partial charge in [0.15, 0.2) is 5.82 Å².